The molecule has 2 amide bonds. The molecule has 1 heterocycles. The van der Waals surface area contributed by atoms with Gasteiger partial charge >= 0.3 is 18.6 Å². The quantitative estimate of drug-likeness (QED) is 0.891. The molecule has 126 valence electrons. The number of nitrogens with one attached hydrogen (secondary N) is 1. The zero-order valence-electron chi connectivity index (χ0n) is 12.6. The van der Waals surface area contributed by atoms with E-state index in [4.69, 9.17) is 5.11 Å². The minimum Gasteiger partial charge on any atom is -0.481 e. The number of hydrogen-bond acceptors (Lipinski definition) is 3. The van der Waals surface area contributed by atoms with Crippen LogP contribution in [0.3, 0.4) is 0 Å². The molecule has 1 aliphatic rings. The van der Waals surface area contributed by atoms with Crippen molar-refractivity contribution in [2.45, 2.75) is 26.4 Å². The van der Waals surface area contributed by atoms with Gasteiger partial charge in [0.2, 0.25) is 0 Å². The normalized spacial score (nSPS) is 15.6. The molecule has 2 N–H and O–H groups in total. The van der Waals surface area contributed by atoms with Gasteiger partial charge in [0.15, 0.2) is 0 Å². The fraction of sp³-hybridized carbons (Fsp3) is 0.467. The molecule has 0 aromatic heterocycles. The maximum absolute atomic E-state index is 12.4. The number of anilines is 1. The lowest BCUT2D eigenvalue weighted by Crippen LogP contribution is -2.42. The molecule has 0 atom stereocenters. The topological polar surface area (TPSA) is 78.9 Å². The van der Waals surface area contributed by atoms with Gasteiger partial charge < -0.3 is 20.1 Å². The number of carboxylic acid groups (broad SMARTS) is 1. The maximum atomic E-state index is 12.4. The molecule has 0 aliphatic carbocycles. The summed E-state index contributed by atoms with van der Waals surface area (Å²) in [6.07, 6.45) is 0.744. The van der Waals surface area contributed by atoms with E-state index in [2.05, 4.69) is 10.1 Å². The van der Waals surface area contributed by atoms with Crippen molar-refractivity contribution >= 4 is 17.7 Å². The van der Waals surface area contributed by atoms with Crippen LogP contribution in [-0.4, -0.2) is 41.7 Å². The Morgan fingerprint density at radius 1 is 1.35 bits per heavy atom. The third-order valence-electron chi connectivity index (χ3n) is 3.81. The summed E-state index contributed by atoms with van der Waals surface area (Å²) < 4.78 is 29.3. The van der Waals surface area contributed by atoms with E-state index in [1.807, 2.05) is 0 Å². The van der Waals surface area contributed by atoms with Gasteiger partial charge in [-0.05, 0) is 31.4 Å². The molecule has 0 unspecified atom stereocenters. The fourth-order valence-corrected chi connectivity index (χ4v) is 2.51. The molecule has 2 rings (SSSR count). The average molecular weight is 328 g/mol. The van der Waals surface area contributed by atoms with E-state index in [0.717, 1.165) is 0 Å². The van der Waals surface area contributed by atoms with Crippen molar-refractivity contribution in [1.29, 1.82) is 0 Å². The molecule has 0 radical (unpaired) electrons. The summed E-state index contributed by atoms with van der Waals surface area (Å²) >= 11 is 0. The predicted octanol–water partition coefficient (Wildman–Crippen LogP) is 2.92. The molecule has 6 nitrogen and oxygen atoms in total. The van der Waals surface area contributed by atoms with E-state index in [0.29, 0.717) is 31.5 Å². The molecule has 0 spiro atoms. The summed E-state index contributed by atoms with van der Waals surface area (Å²) in [5, 5.41) is 11.5. The summed E-state index contributed by atoms with van der Waals surface area (Å²) in [7, 11) is 0. The highest BCUT2D eigenvalue weighted by molar-refractivity contribution is 5.92. The minimum absolute atomic E-state index is 0.103. The number of ether oxygens (including phenoxy) is 1. The highest BCUT2D eigenvalue weighted by Crippen LogP contribution is 2.30. The summed E-state index contributed by atoms with van der Waals surface area (Å²) in [4.78, 5) is 24.6. The smallest absolute Gasteiger partial charge is 0.387 e. The molecule has 1 saturated heterocycles. The number of carbonyl (C=O) groups is 2. The Bertz CT molecular complexity index is 587. The highest BCUT2D eigenvalue weighted by Gasteiger charge is 2.27. The Kier molecular flexibility index (Phi) is 5.36. The Morgan fingerprint density at radius 3 is 2.57 bits per heavy atom. The molecular formula is C15H18F2N2O4. The van der Waals surface area contributed by atoms with E-state index < -0.39 is 24.5 Å². The first-order chi connectivity index (χ1) is 10.9. The number of halogens is 2. The van der Waals surface area contributed by atoms with Crippen LogP contribution < -0.4 is 10.1 Å². The number of amides is 2. The van der Waals surface area contributed by atoms with Gasteiger partial charge in [0, 0.05) is 13.1 Å². The molecule has 1 fully saturated rings. The van der Waals surface area contributed by atoms with Gasteiger partial charge in [-0.1, -0.05) is 12.1 Å². The van der Waals surface area contributed by atoms with Crippen molar-refractivity contribution < 1.29 is 28.2 Å². The number of nitrogens with zero attached hydrogens (tertiary/aromatic N) is 1. The van der Waals surface area contributed by atoms with Crippen molar-refractivity contribution in [3.8, 4) is 5.75 Å². The summed E-state index contributed by atoms with van der Waals surface area (Å²) in [6, 6.07) is 4.12. The van der Waals surface area contributed by atoms with Gasteiger partial charge in [-0.25, -0.2) is 4.79 Å². The zero-order chi connectivity index (χ0) is 17.0. The van der Waals surface area contributed by atoms with Crippen molar-refractivity contribution in [3.05, 3.63) is 23.8 Å². The van der Waals surface area contributed by atoms with E-state index >= 15 is 0 Å². The number of aliphatic carboxylic acids is 1. The highest BCUT2D eigenvalue weighted by atomic mass is 19.3. The SMILES string of the molecule is Cc1cccc(OC(F)F)c1NC(=O)N1CCC(C(=O)O)CC1. The molecule has 0 saturated carbocycles. The number of benzene rings is 1. The third-order valence-corrected chi connectivity index (χ3v) is 3.81. The van der Waals surface area contributed by atoms with Crippen LogP contribution in [0.1, 0.15) is 18.4 Å². The van der Waals surface area contributed by atoms with Crippen LogP contribution in [0.4, 0.5) is 19.3 Å². The number of para-hydroxylation sites is 1. The van der Waals surface area contributed by atoms with Crippen LogP contribution in [0.25, 0.3) is 0 Å². The molecule has 23 heavy (non-hydrogen) atoms. The number of alkyl halides is 2. The zero-order valence-corrected chi connectivity index (χ0v) is 12.6. The number of likely N-dealkylation sites (tertiary alicyclic amines) is 1. The summed E-state index contributed by atoms with van der Waals surface area (Å²) in [5.41, 5.74) is 0.787. The van der Waals surface area contributed by atoms with E-state index in [1.54, 1.807) is 19.1 Å². The van der Waals surface area contributed by atoms with Crippen molar-refractivity contribution in [1.82, 2.24) is 4.90 Å². The largest absolute Gasteiger partial charge is 0.481 e. The number of urea groups is 1. The minimum atomic E-state index is -2.99. The summed E-state index contributed by atoms with van der Waals surface area (Å²) in [5.74, 6) is -1.42. The van der Waals surface area contributed by atoms with E-state index in [9.17, 15) is 18.4 Å². The first-order valence-corrected chi connectivity index (χ1v) is 7.21. The molecule has 0 bridgehead atoms. The standard InChI is InChI=1S/C15H18F2N2O4/c1-9-3-2-4-11(23-14(16)17)12(9)18-15(22)19-7-5-10(6-8-19)13(20)21/h2-4,10,14H,5-8H2,1H3,(H,18,22)(H,20,21). The maximum Gasteiger partial charge on any atom is 0.387 e. The number of carboxylic acids is 1. The van der Waals surface area contributed by atoms with Gasteiger partial charge in [0.1, 0.15) is 5.75 Å². The van der Waals surface area contributed by atoms with Crippen LogP contribution in [0.5, 0.6) is 5.75 Å². The van der Waals surface area contributed by atoms with Crippen LogP contribution >= 0.6 is 0 Å². The van der Waals surface area contributed by atoms with Gasteiger partial charge in [-0.3, -0.25) is 4.79 Å². The lowest BCUT2D eigenvalue weighted by molar-refractivity contribution is -0.143. The van der Waals surface area contributed by atoms with E-state index in [1.165, 1.54) is 11.0 Å². The Morgan fingerprint density at radius 2 is 2.00 bits per heavy atom. The third kappa shape index (κ3) is 4.30. The molecule has 1 aromatic rings. The lowest BCUT2D eigenvalue weighted by atomic mass is 9.97. The van der Waals surface area contributed by atoms with Gasteiger partial charge in [0.25, 0.3) is 0 Å². The van der Waals surface area contributed by atoms with Crippen LogP contribution in [-0.2, 0) is 4.79 Å². The van der Waals surface area contributed by atoms with Crippen LogP contribution in [0.2, 0.25) is 0 Å². The van der Waals surface area contributed by atoms with Crippen molar-refractivity contribution in [3.63, 3.8) is 0 Å². The molecule has 8 heteroatoms. The van der Waals surface area contributed by atoms with Gasteiger partial charge in [-0.15, -0.1) is 0 Å². The Labute approximate surface area is 132 Å². The Hall–Kier alpha value is -2.38. The monoisotopic (exact) mass is 328 g/mol. The number of hydrogen-bond donors (Lipinski definition) is 2. The number of rotatable bonds is 4. The van der Waals surface area contributed by atoms with E-state index in [-0.39, 0.29) is 11.4 Å². The number of carbonyl (C=O) groups excluding carboxylic acids is 1. The predicted molar refractivity (Wildman–Crippen MR) is 78.8 cm³/mol. The van der Waals surface area contributed by atoms with Crippen LogP contribution in [0.15, 0.2) is 18.2 Å². The molecule has 1 aromatic carbocycles. The van der Waals surface area contributed by atoms with Crippen molar-refractivity contribution in [2.24, 2.45) is 5.92 Å². The number of piperidine rings is 1. The number of aryl methyl sites for hydroxylation is 1. The average Bonchev–Trinajstić information content (AvgIpc) is 2.50. The summed E-state index contributed by atoms with van der Waals surface area (Å²) in [6.45, 7) is -0.705. The second-order valence-corrected chi connectivity index (χ2v) is 5.36. The Balaban J connectivity index is 2.05. The second-order valence-electron chi connectivity index (χ2n) is 5.36. The van der Waals surface area contributed by atoms with Gasteiger partial charge in [0.05, 0.1) is 11.6 Å². The van der Waals surface area contributed by atoms with Crippen molar-refractivity contribution in [2.75, 3.05) is 18.4 Å². The first kappa shape index (κ1) is 17.0. The fourth-order valence-electron chi connectivity index (χ4n) is 2.51. The first-order valence-electron chi connectivity index (χ1n) is 7.21. The lowest BCUT2D eigenvalue weighted by Gasteiger charge is -2.30. The molecule has 1 aliphatic heterocycles. The van der Waals surface area contributed by atoms with Crippen LogP contribution in [0, 0.1) is 12.8 Å². The second kappa shape index (κ2) is 7.26. The van der Waals surface area contributed by atoms with Gasteiger partial charge in [-0.2, -0.15) is 8.78 Å². The molecular weight excluding hydrogens is 310 g/mol.